The highest BCUT2D eigenvalue weighted by Crippen LogP contribution is 2.45. The molecule has 1 aromatic heterocycles. The van der Waals surface area contributed by atoms with Gasteiger partial charge in [-0.2, -0.15) is 0 Å². The van der Waals surface area contributed by atoms with E-state index in [4.69, 9.17) is 19.2 Å². The fraction of sp³-hybridized carbons (Fsp3) is 0.200. The van der Waals surface area contributed by atoms with Gasteiger partial charge < -0.3 is 19.3 Å². The summed E-state index contributed by atoms with van der Waals surface area (Å²) < 4.78 is 16.9. The lowest BCUT2D eigenvalue weighted by atomic mass is 9.94. The van der Waals surface area contributed by atoms with Crippen LogP contribution in [0.1, 0.15) is 38.7 Å². The second kappa shape index (κ2) is 9.80. The first-order valence-corrected chi connectivity index (χ1v) is 13.4. The predicted molar refractivity (Wildman–Crippen MR) is 149 cm³/mol. The summed E-state index contributed by atoms with van der Waals surface area (Å²) in [4.78, 5) is 45.3. The summed E-state index contributed by atoms with van der Waals surface area (Å²) in [6.45, 7) is 4.68. The van der Waals surface area contributed by atoms with E-state index in [0.29, 0.717) is 46.5 Å². The molecule has 4 aromatic rings. The van der Waals surface area contributed by atoms with Gasteiger partial charge in [-0.3, -0.25) is 14.5 Å². The fourth-order valence-corrected chi connectivity index (χ4v) is 6.24. The van der Waals surface area contributed by atoms with Crippen molar-refractivity contribution in [2.24, 2.45) is 0 Å². The van der Waals surface area contributed by atoms with Crippen LogP contribution in [-0.4, -0.2) is 48.1 Å². The zero-order valence-corrected chi connectivity index (χ0v) is 22.7. The van der Waals surface area contributed by atoms with E-state index in [1.54, 1.807) is 42.5 Å². The number of aromatic nitrogens is 1. The standard InChI is InChI=1S/C30H24N2O7S/c1-15-12-16(2)24-22(13-15)40-30(31-24)32-25(17-4-6-18(7-5-17)29(36)37-3)23(27(34)28(32)35)26(33)19-8-9-20-21(14-19)39-11-10-38-20/h4-9,12-14,25,33H,10-11H2,1-3H3/b26-23+/t25-/m0/s1. The van der Waals surface area contributed by atoms with Crippen LogP contribution < -0.4 is 14.4 Å². The largest absolute Gasteiger partial charge is 0.507 e. The van der Waals surface area contributed by atoms with Crippen LogP contribution in [0.4, 0.5) is 5.13 Å². The second-order valence-corrected chi connectivity index (χ2v) is 10.6. The van der Waals surface area contributed by atoms with Gasteiger partial charge in [0.15, 0.2) is 16.6 Å². The van der Waals surface area contributed by atoms with Crippen LogP contribution in [0.25, 0.3) is 16.0 Å². The SMILES string of the molecule is COC(=O)c1ccc([C@H]2/C(=C(\O)c3ccc4c(c3)OCCO4)C(=O)C(=O)N2c2nc3c(C)cc(C)cc3s2)cc1. The summed E-state index contributed by atoms with van der Waals surface area (Å²) in [6.07, 6.45) is 0. The average molecular weight is 557 g/mol. The molecule has 2 aliphatic rings. The molecular weight excluding hydrogens is 532 g/mol. The lowest BCUT2D eigenvalue weighted by Crippen LogP contribution is -2.29. The first kappa shape index (κ1) is 25.6. The summed E-state index contributed by atoms with van der Waals surface area (Å²) in [5.41, 5.74) is 3.76. The van der Waals surface area contributed by atoms with E-state index < -0.39 is 23.7 Å². The van der Waals surface area contributed by atoms with E-state index in [9.17, 15) is 19.5 Å². The van der Waals surface area contributed by atoms with Crippen LogP contribution in [0.15, 0.2) is 60.2 Å². The molecule has 10 heteroatoms. The lowest BCUT2D eigenvalue weighted by Gasteiger charge is -2.23. The number of Topliss-reactive ketones (excluding diaryl/α,β-unsaturated/α-hetero) is 1. The van der Waals surface area contributed by atoms with Crippen LogP contribution in [-0.2, 0) is 14.3 Å². The smallest absolute Gasteiger partial charge is 0.337 e. The number of ketones is 1. The van der Waals surface area contributed by atoms with Crippen molar-refractivity contribution in [2.45, 2.75) is 19.9 Å². The number of carbonyl (C=O) groups excluding carboxylic acids is 3. The van der Waals surface area contributed by atoms with Gasteiger partial charge in [-0.05, 0) is 66.9 Å². The molecule has 1 fully saturated rings. The maximum absolute atomic E-state index is 13.6. The molecule has 6 rings (SSSR count). The van der Waals surface area contributed by atoms with Crippen molar-refractivity contribution in [3.8, 4) is 11.5 Å². The number of ether oxygens (including phenoxy) is 3. The van der Waals surface area contributed by atoms with E-state index in [-0.39, 0.29) is 11.3 Å². The number of amides is 1. The highest BCUT2D eigenvalue weighted by molar-refractivity contribution is 7.22. The third kappa shape index (κ3) is 4.17. The summed E-state index contributed by atoms with van der Waals surface area (Å²) >= 11 is 1.29. The Morgan fingerprint density at radius 3 is 2.42 bits per heavy atom. The molecule has 9 nitrogen and oxygen atoms in total. The van der Waals surface area contributed by atoms with E-state index in [0.717, 1.165) is 21.3 Å². The third-order valence-electron chi connectivity index (χ3n) is 6.93. The molecule has 1 atom stereocenters. The highest BCUT2D eigenvalue weighted by atomic mass is 32.1. The van der Waals surface area contributed by atoms with E-state index in [1.165, 1.54) is 23.3 Å². The molecular formula is C30H24N2O7S. The summed E-state index contributed by atoms with van der Waals surface area (Å²) in [5, 5.41) is 11.8. The Hall–Kier alpha value is -4.70. The molecule has 40 heavy (non-hydrogen) atoms. The lowest BCUT2D eigenvalue weighted by molar-refractivity contribution is -0.132. The minimum atomic E-state index is -0.998. The number of anilines is 1. The van der Waals surface area contributed by atoms with Crippen LogP contribution in [0, 0.1) is 13.8 Å². The Labute approximate surface area is 233 Å². The number of hydrogen-bond acceptors (Lipinski definition) is 9. The van der Waals surface area contributed by atoms with Gasteiger partial charge in [0.1, 0.15) is 19.0 Å². The van der Waals surface area contributed by atoms with E-state index in [1.807, 2.05) is 26.0 Å². The molecule has 3 aromatic carbocycles. The molecule has 0 radical (unpaired) electrons. The third-order valence-corrected chi connectivity index (χ3v) is 7.93. The van der Waals surface area contributed by atoms with Gasteiger partial charge in [0.2, 0.25) is 0 Å². The summed E-state index contributed by atoms with van der Waals surface area (Å²) in [7, 11) is 1.29. The van der Waals surface area contributed by atoms with Crippen molar-refractivity contribution >= 4 is 50.1 Å². The van der Waals surface area contributed by atoms with Crippen LogP contribution in [0.3, 0.4) is 0 Å². The van der Waals surface area contributed by atoms with Gasteiger partial charge in [0.05, 0.1) is 34.5 Å². The number of aliphatic hydroxyl groups excluding tert-OH is 1. The Morgan fingerprint density at radius 2 is 1.70 bits per heavy atom. The van der Waals surface area contributed by atoms with Crippen LogP contribution in [0.2, 0.25) is 0 Å². The van der Waals surface area contributed by atoms with E-state index in [2.05, 4.69) is 0 Å². The number of fused-ring (bicyclic) bond motifs is 2. The number of hydrogen-bond donors (Lipinski definition) is 1. The van der Waals surface area contributed by atoms with Crippen LogP contribution in [0.5, 0.6) is 11.5 Å². The summed E-state index contributed by atoms with van der Waals surface area (Å²) in [5.74, 6) is -1.57. The topological polar surface area (TPSA) is 115 Å². The number of aliphatic hydroxyl groups is 1. The average Bonchev–Trinajstić information content (AvgIpc) is 3.50. The van der Waals surface area contributed by atoms with Gasteiger partial charge in [-0.25, -0.2) is 9.78 Å². The van der Waals surface area contributed by atoms with Crippen molar-refractivity contribution < 1.29 is 33.7 Å². The quantitative estimate of drug-likeness (QED) is 0.160. The Bertz CT molecular complexity index is 1740. The van der Waals surface area contributed by atoms with Crippen molar-refractivity contribution in [3.05, 3.63) is 88.0 Å². The monoisotopic (exact) mass is 556 g/mol. The number of nitrogens with zero attached hydrogens (tertiary/aromatic N) is 2. The Kier molecular flexibility index (Phi) is 6.26. The Balaban J connectivity index is 1.54. The molecule has 0 unspecified atom stereocenters. The molecule has 0 spiro atoms. The van der Waals surface area contributed by atoms with Crippen molar-refractivity contribution in [3.63, 3.8) is 0 Å². The number of esters is 1. The van der Waals surface area contributed by atoms with Crippen molar-refractivity contribution in [2.75, 3.05) is 25.2 Å². The second-order valence-electron chi connectivity index (χ2n) is 9.57. The van der Waals surface area contributed by atoms with Gasteiger partial charge in [0, 0.05) is 5.56 Å². The minimum absolute atomic E-state index is 0.0975. The number of carbonyl (C=O) groups is 3. The molecule has 0 bridgehead atoms. The molecule has 0 aliphatic carbocycles. The van der Waals surface area contributed by atoms with E-state index >= 15 is 0 Å². The first-order chi connectivity index (χ1) is 19.3. The minimum Gasteiger partial charge on any atom is -0.507 e. The fourth-order valence-electron chi connectivity index (χ4n) is 5.07. The zero-order valence-electron chi connectivity index (χ0n) is 21.9. The number of thiazole rings is 1. The van der Waals surface area contributed by atoms with Gasteiger partial charge in [0.25, 0.3) is 5.78 Å². The van der Waals surface area contributed by atoms with Gasteiger partial charge >= 0.3 is 11.9 Å². The Morgan fingerprint density at radius 1 is 1.00 bits per heavy atom. The number of rotatable bonds is 4. The molecule has 202 valence electrons. The zero-order chi connectivity index (χ0) is 28.1. The number of benzene rings is 3. The number of aryl methyl sites for hydroxylation is 2. The number of methoxy groups -OCH3 is 1. The predicted octanol–water partition coefficient (Wildman–Crippen LogP) is 5.10. The van der Waals surface area contributed by atoms with Crippen LogP contribution >= 0.6 is 11.3 Å². The molecule has 1 amide bonds. The normalized spacial score (nSPS) is 17.9. The maximum Gasteiger partial charge on any atom is 0.337 e. The molecule has 3 heterocycles. The maximum atomic E-state index is 13.6. The molecule has 1 saturated heterocycles. The van der Waals surface area contributed by atoms with Crippen molar-refractivity contribution in [1.82, 2.24) is 4.98 Å². The first-order valence-electron chi connectivity index (χ1n) is 12.5. The molecule has 0 saturated carbocycles. The molecule has 2 aliphatic heterocycles. The van der Waals surface area contributed by atoms with Gasteiger partial charge in [-0.15, -0.1) is 0 Å². The van der Waals surface area contributed by atoms with Gasteiger partial charge in [-0.1, -0.05) is 29.5 Å². The molecule has 1 N–H and O–H groups in total. The summed E-state index contributed by atoms with van der Waals surface area (Å²) in [6, 6.07) is 14.2. The highest BCUT2D eigenvalue weighted by Gasteiger charge is 2.48. The van der Waals surface area contributed by atoms with Crippen molar-refractivity contribution in [1.29, 1.82) is 0 Å².